The second-order valence-corrected chi connectivity index (χ2v) is 4.56. The summed E-state index contributed by atoms with van der Waals surface area (Å²) in [6, 6.07) is 5.58. The van der Waals surface area contributed by atoms with Crippen LogP contribution in [-0.2, 0) is 7.05 Å². The van der Waals surface area contributed by atoms with Gasteiger partial charge in [0.05, 0.1) is 26.0 Å². The molecule has 0 bridgehead atoms. The molecule has 1 aromatic carbocycles. The van der Waals surface area contributed by atoms with E-state index in [0.717, 1.165) is 16.8 Å². The summed E-state index contributed by atoms with van der Waals surface area (Å²) < 4.78 is 12.3. The Morgan fingerprint density at radius 2 is 1.95 bits per heavy atom. The number of aryl methyl sites for hydroxylation is 2. The number of nitrogens with one attached hydrogen (secondary N) is 1. The predicted octanol–water partition coefficient (Wildman–Crippen LogP) is 1.30. The molecule has 1 unspecified atom stereocenters. The number of methoxy groups -OCH3 is 2. The van der Waals surface area contributed by atoms with Crippen LogP contribution in [0.1, 0.15) is 22.9 Å². The zero-order valence-corrected chi connectivity index (χ0v) is 12.2. The van der Waals surface area contributed by atoms with Gasteiger partial charge in [-0.15, -0.1) is 0 Å². The van der Waals surface area contributed by atoms with Gasteiger partial charge in [0.2, 0.25) is 0 Å². The van der Waals surface area contributed by atoms with Gasteiger partial charge < -0.3 is 9.47 Å². The molecule has 2 aromatic rings. The standard InChI is InChI=1S/C14H20N4O2/c1-9-11(8-18(2)17-9)14(16-15)10-5-6-12(19-3)13(7-10)20-4/h5-8,14,16H,15H2,1-4H3. The number of ether oxygens (including phenoxy) is 2. The molecule has 0 radical (unpaired) electrons. The van der Waals surface area contributed by atoms with Crippen LogP contribution in [0.5, 0.6) is 11.5 Å². The quantitative estimate of drug-likeness (QED) is 0.636. The smallest absolute Gasteiger partial charge is 0.161 e. The molecule has 0 aliphatic carbocycles. The van der Waals surface area contributed by atoms with Crippen LogP contribution in [-0.4, -0.2) is 24.0 Å². The van der Waals surface area contributed by atoms with Crippen LogP contribution in [0.4, 0.5) is 0 Å². The summed E-state index contributed by atoms with van der Waals surface area (Å²) in [6.07, 6.45) is 1.95. The molecule has 0 spiro atoms. The Balaban J connectivity index is 2.44. The lowest BCUT2D eigenvalue weighted by Gasteiger charge is -2.17. The van der Waals surface area contributed by atoms with Crippen molar-refractivity contribution in [2.45, 2.75) is 13.0 Å². The minimum absolute atomic E-state index is 0.150. The molecule has 2 rings (SSSR count). The molecule has 0 amide bonds. The summed E-state index contributed by atoms with van der Waals surface area (Å²) in [6.45, 7) is 1.96. The third-order valence-corrected chi connectivity index (χ3v) is 3.27. The lowest BCUT2D eigenvalue weighted by Crippen LogP contribution is -2.29. The van der Waals surface area contributed by atoms with Crippen molar-refractivity contribution < 1.29 is 9.47 Å². The van der Waals surface area contributed by atoms with E-state index in [-0.39, 0.29) is 6.04 Å². The fraction of sp³-hybridized carbons (Fsp3) is 0.357. The molecule has 0 aliphatic rings. The average molecular weight is 276 g/mol. The molecule has 0 saturated carbocycles. The van der Waals surface area contributed by atoms with Gasteiger partial charge in [0, 0.05) is 18.8 Å². The van der Waals surface area contributed by atoms with E-state index in [2.05, 4.69) is 10.5 Å². The maximum Gasteiger partial charge on any atom is 0.161 e. The number of nitrogens with two attached hydrogens (primary N) is 1. The zero-order valence-electron chi connectivity index (χ0n) is 12.2. The van der Waals surface area contributed by atoms with Crippen molar-refractivity contribution in [1.29, 1.82) is 0 Å². The number of hydrazine groups is 1. The van der Waals surface area contributed by atoms with Crippen LogP contribution in [0.15, 0.2) is 24.4 Å². The van der Waals surface area contributed by atoms with Crippen molar-refractivity contribution in [3.05, 3.63) is 41.2 Å². The Morgan fingerprint density at radius 3 is 2.45 bits per heavy atom. The number of nitrogens with zero attached hydrogens (tertiary/aromatic N) is 2. The van der Waals surface area contributed by atoms with Crippen molar-refractivity contribution in [3.63, 3.8) is 0 Å². The van der Waals surface area contributed by atoms with Crippen LogP contribution >= 0.6 is 0 Å². The van der Waals surface area contributed by atoms with Crippen LogP contribution in [0.25, 0.3) is 0 Å². The van der Waals surface area contributed by atoms with Gasteiger partial charge in [-0.1, -0.05) is 6.07 Å². The highest BCUT2D eigenvalue weighted by molar-refractivity contribution is 5.46. The first-order valence-corrected chi connectivity index (χ1v) is 6.29. The van der Waals surface area contributed by atoms with Crippen molar-refractivity contribution in [2.75, 3.05) is 14.2 Å². The Morgan fingerprint density at radius 1 is 1.25 bits per heavy atom. The van der Waals surface area contributed by atoms with Gasteiger partial charge in [-0.05, 0) is 24.6 Å². The molecule has 0 aliphatic heterocycles. The van der Waals surface area contributed by atoms with E-state index in [1.807, 2.05) is 38.4 Å². The first-order chi connectivity index (χ1) is 9.60. The fourth-order valence-corrected chi connectivity index (χ4v) is 2.30. The summed E-state index contributed by atoms with van der Waals surface area (Å²) in [7, 11) is 5.11. The van der Waals surface area contributed by atoms with Crippen molar-refractivity contribution in [2.24, 2.45) is 12.9 Å². The highest BCUT2D eigenvalue weighted by Crippen LogP contribution is 2.32. The minimum Gasteiger partial charge on any atom is -0.493 e. The van der Waals surface area contributed by atoms with E-state index >= 15 is 0 Å². The first-order valence-electron chi connectivity index (χ1n) is 6.29. The Hall–Kier alpha value is -2.05. The summed E-state index contributed by atoms with van der Waals surface area (Å²) >= 11 is 0. The molecule has 1 heterocycles. The molecular weight excluding hydrogens is 256 g/mol. The number of aromatic nitrogens is 2. The van der Waals surface area contributed by atoms with E-state index in [0.29, 0.717) is 11.5 Å². The summed E-state index contributed by atoms with van der Waals surface area (Å²) in [5.41, 5.74) is 5.78. The molecular formula is C14H20N4O2. The predicted molar refractivity (Wildman–Crippen MR) is 76.7 cm³/mol. The molecule has 1 aromatic heterocycles. The van der Waals surface area contributed by atoms with Gasteiger partial charge in [0.25, 0.3) is 0 Å². The Bertz CT molecular complexity index is 595. The fourth-order valence-electron chi connectivity index (χ4n) is 2.30. The lowest BCUT2D eigenvalue weighted by atomic mass is 9.99. The van der Waals surface area contributed by atoms with Gasteiger partial charge in [-0.2, -0.15) is 5.10 Å². The SMILES string of the molecule is COc1ccc(C(NN)c2cn(C)nc2C)cc1OC. The van der Waals surface area contributed by atoms with E-state index in [4.69, 9.17) is 15.3 Å². The van der Waals surface area contributed by atoms with Gasteiger partial charge in [0.15, 0.2) is 11.5 Å². The van der Waals surface area contributed by atoms with Crippen LogP contribution in [0, 0.1) is 6.92 Å². The molecule has 6 nitrogen and oxygen atoms in total. The van der Waals surface area contributed by atoms with Crippen molar-refractivity contribution in [1.82, 2.24) is 15.2 Å². The Kier molecular flexibility index (Phi) is 4.26. The second kappa shape index (κ2) is 5.94. The Labute approximate surface area is 118 Å². The van der Waals surface area contributed by atoms with Gasteiger partial charge in [-0.3, -0.25) is 10.5 Å². The van der Waals surface area contributed by atoms with Gasteiger partial charge in [0.1, 0.15) is 0 Å². The molecule has 3 N–H and O–H groups in total. The average Bonchev–Trinajstić information content (AvgIpc) is 2.78. The number of hydrogen-bond donors (Lipinski definition) is 2. The van der Waals surface area contributed by atoms with Gasteiger partial charge in [-0.25, -0.2) is 5.43 Å². The summed E-state index contributed by atoms with van der Waals surface area (Å²) in [4.78, 5) is 0. The minimum atomic E-state index is -0.150. The summed E-state index contributed by atoms with van der Waals surface area (Å²) in [5, 5.41) is 4.35. The normalized spacial score (nSPS) is 12.2. The molecule has 0 fully saturated rings. The van der Waals surface area contributed by atoms with E-state index in [9.17, 15) is 0 Å². The second-order valence-electron chi connectivity index (χ2n) is 4.56. The molecule has 0 saturated heterocycles. The highest BCUT2D eigenvalue weighted by atomic mass is 16.5. The van der Waals surface area contributed by atoms with Gasteiger partial charge >= 0.3 is 0 Å². The molecule has 108 valence electrons. The maximum absolute atomic E-state index is 5.72. The monoisotopic (exact) mass is 276 g/mol. The zero-order chi connectivity index (χ0) is 14.7. The number of benzene rings is 1. The topological polar surface area (TPSA) is 74.3 Å². The summed E-state index contributed by atoms with van der Waals surface area (Å²) in [5.74, 6) is 7.08. The van der Waals surface area contributed by atoms with E-state index < -0.39 is 0 Å². The first kappa shape index (κ1) is 14.4. The van der Waals surface area contributed by atoms with Crippen LogP contribution < -0.4 is 20.7 Å². The lowest BCUT2D eigenvalue weighted by molar-refractivity contribution is 0.354. The van der Waals surface area contributed by atoms with E-state index in [1.165, 1.54) is 0 Å². The molecule has 6 heteroatoms. The van der Waals surface area contributed by atoms with Crippen molar-refractivity contribution in [3.8, 4) is 11.5 Å². The molecule has 20 heavy (non-hydrogen) atoms. The van der Waals surface area contributed by atoms with Crippen LogP contribution in [0.3, 0.4) is 0 Å². The van der Waals surface area contributed by atoms with Crippen molar-refractivity contribution >= 4 is 0 Å². The third kappa shape index (κ3) is 2.61. The molecule has 1 atom stereocenters. The highest BCUT2D eigenvalue weighted by Gasteiger charge is 2.19. The number of hydrogen-bond acceptors (Lipinski definition) is 5. The third-order valence-electron chi connectivity index (χ3n) is 3.27. The maximum atomic E-state index is 5.72. The number of rotatable bonds is 5. The van der Waals surface area contributed by atoms with E-state index in [1.54, 1.807) is 18.9 Å². The largest absolute Gasteiger partial charge is 0.493 e. The van der Waals surface area contributed by atoms with Crippen LogP contribution in [0.2, 0.25) is 0 Å².